The molecule has 0 spiro atoms. The highest BCUT2D eigenvalue weighted by molar-refractivity contribution is 6.99. The van der Waals surface area contributed by atoms with Crippen molar-refractivity contribution in [1.82, 2.24) is 0 Å². The predicted molar refractivity (Wildman–Crippen MR) is 149 cm³/mol. The van der Waals surface area contributed by atoms with Gasteiger partial charge in [0.25, 0.3) is 8.32 Å². The van der Waals surface area contributed by atoms with Gasteiger partial charge in [-0.15, -0.1) is 6.58 Å². The minimum Gasteiger partial charge on any atom is -0.497 e. The van der Waals surface area contributed by atoms with Gasteiger partial charge in [0, 0.05) is 6.61 Å². The lowest BCUT2D eigenvalue weighted by Crippen LogP contribution is -2.66. The number of methoxy groups -OCH3 is 1. The molecule has 0 amide bonds. The quantitative estimate of drug-likeness (QED) is 0.156. The van der Waals surface area contributed by atoms with Gasteiger partial charge in [0.1, 0.15) is 5.75 Å². The van der Waals surface area contributed by atoms with Crippen LogP contribution in [0.2, 0.25) is 5.04 Å². The maximum atomic E-state index is 6.99. The summed E-state index contributed by atoms with van der Waals surface area (Å²) in [6.07, 6.45) is 4.89. The predicted octanol–water partition coefficient (Wildman–Crippen LogP) is 6.51. The lowest BCUT2D eigenvalue weighted by atomic mass is 10.1. The van der Waals surface area contributed by atoms with Crippen LogP contribution in [0.25, 0.3) is 0 Å². The largest absolute Gasteiger partial charge is 0.497 e. The van der Waals surface area contributed by atoms with Crippen LogP contribution in [0.3, 0.4) is 0 Å². The van der Waals surface area contributed by atoms with Crippen molar-refractivity contribution in [2.45, 2.75) is 57.8 Å². The van der Waals surface area contributed by atoms with Crippen LogP contribution in [0.4, 0.5) is 0 Å². The first kappa shape index (κ1) is 26.9. The molecule has 0 fully saturated rings. The van der Waals surface area contributed by atoms with E-state index in [1.54, 1.807) is 7.11 Å². The Labute approximate surface area is 212 Å². The van der Waals surface area contributed by atoms with E-state index in [4.69, 9.17) is 13.9 Å². The third kappa shape index (κ3) is 6.94. The molecular formula is C31H40O3Si. The van der Waals surface area contributed by atoms with E-state index in [0.717, 1.165) is 37.2 Å². The van der Waals surface area contributed by atoms with E-state index < -0.39 is 8.32 Å². The molecule has 0 aliphatic carbocycles. The van der Waals surface area contributed by atoms with Gasteiger partial charge in [-0.2, -0.15) is 0 Å². The second-order valence-electron chi connectivity index (χ2n) is 9.94. The normalized spacial score (nSPS) is 12.8. The van der Waals surface area contributed by atoms with Gasteiger partial charge in [0.05, 0.1) is 19.8 Å². The van der Waals surface area contributed by atoms with Crippen LogP contribution in [0.15, 0.2) is 97.6 Å². The Balaban J connectivity index is 1.60. The summed E-state index contributed by atoms with van der Waals surface area (Å²) in [6.45, 7) is 12.2. The van der Waals surface area contributed by atoms with Crippen molar-refractivity contribution in [1.29, 1.82) is 0 Å². The van der Waals surface area contributed by atoms with Crippen LogP contribution >= 0.6 is 0 Å². The van der Waals surface area contributed by atoms with Crippen molar-refractivity contribution >= 4 is 18.7 Å². The molecule has 0 aliphatic rings. The van der Waals surface area contributed by atoms with E-state index in [0.29, 0.717) is 6.61 Å². The van der Waals surface area contributed by atoms with Gasteiger partial charge in [0.2, 0.25) is 0 Å². The summed E-state index contributed by atoms with van der Waals surface area (Å²) in [5, 5.41) is 2.65. The fraction of sp³-hybridized carbons (Fsp3) is 0.355. The molecule has 0 radical (unpaired) electrons. The lowest BCUT2D eigenvalue weighted by molar-refractivity contribution is 0.0642. The first-order chi connectivity index (χ1) is 16.9. The third-order valence-electron chi connectivity index (χ3n) is 6.50. The van der Waals surface area contributed by atoms with Crippen LogP contribution in [0.1, 0.15) is 45.6 Å². The van der Waals surface area contributed by atoms with Crippen molar-refractivity contribution in [3.8, 4) is 5.75 Å². The van der Waals surface area contributed by atoms with E-state index in [1.807, 2.05) is 30.3 Å². The summed E-state index contributed by atoms with van der Waals surface area (Å²) < 4.78 is 18.3. The zero-order chi connectivity index (χ0) is 25.2. The molecule has 3 rings (SSSR count). The van der Waals surface area contributed by atoms with E-state index in [1.165, 1.54) is 10.4 Å². The molecule has 0 saturated carbocycles. The molecular weight excluding hydrogens is 448 g/mol. The van der Waals surface area contributed by atoms with Gasteiger partial charge in [-0.25, -0.2) is 0 Å². The van der Waals surface area contributed by atoms with Crippen molar-refractivity contribution < 1.29 is 13.9 Å². The second-order valence-corrected chi connectivity index (χ2v) is 14.2. The van der Waals surface area contributed by atoms with Gasteiger partial charge in [0.15, 0.2) is 0 Å². The first-order valence-electron chi connectivity index (χ1n) is 12.5. The highest BCUT2D eigenvalue weighted by Crippen LogP contribution is 2.36. The standard InChI is InChI=1S/C31H40O3Si/c1-6-27(33-25-26-20-22-28(32-5)23-21-26)15-13-14-24-34-35(31(2,3)4,29-16-9-7-10-17-29)30-18-11-8-12-19-30/h6-12,16-23,27H,1,13-15,24-25H2,2-5H3/t27-/m1/s1. The molecule has 0 saturated heterocycles. The second kappa shape index (κ2) is 12.9. The molecule has 3 aromatic rings. The topological polar surface area (TPSA) is 27.7 Å². The minimum atomic E-state index is -2.46. The van der Waals surface area contributed by atoms with Gasteiger partial charge in [-0.05, 0) is 52.4 Å². The van der Waals surface area contributed by atoms with Crippen LogP contribution < -0.4 is 15.1 Å². The molecule has 1 atom stereocenters. The van der Waals surface area contributed by atoms with E-state index >= 15 is 0 Å². The Morgan fingerprint density at radius 2 is 1.40 bits per heavy atom. The molecule has 4 heteroatoms. The molecule has 0 aliphatic heterocycles. The zero-order valence-electron chi connectivity index (χ0n) is 21.7. The summed E-state index contributed by atoms with van der Waals surface area (Å²) >= 11 is 0. The Bertz CT molecular complexity index is 971. The maximum absolute atomic E-state index is 6.99. The molecule has 0 unspecified atom stereocenters. The smallest absolute Gasteiger partial charge is 0.261 e. The summed E-state index contributed by atoms with van der Waals surface area (Å²) in [5.74, 6) is 0.856. The zero-order valence-corrected chi connectivity index (χ0v) is 22.7. The molecule has 35 heavy (non-hydrogen) atoms. The van der Waals surface area contributed by atoms with Gasteiger partial charge in [-0.1, -0.05) is 99.6 Å². The number of benzene rings is 3. The molecule has 0 heterocycles. The maximum Gasteiger partial charge on any atom is 0.261 e. The Kier molecular flexibility index (Phi) is 9.90. The molecule has 0 N–H and O–H groups in total. The van der Waals surface area contributed by atoms with Crippen molar-refractivity contribution in [2.24, 2.45) is 0 Å². The SMILES string of the molecule is C=C[C@H](CCCCO[Si](c1ccccc1)(c1ccccc1)C(C)(C)C)OCc1ccc(OC)cc1. The highest BCUT2D eigenvalue weighted by Gasteiger charge is 2.49. The average Bonchev–Trinajstić information content (AvgIpc) is 2.88. The van der Waals surface area contributed by atoms with Crippen molar-refractivity contribution in [2.75, 3.05) is 13.7 Å². The summed E-state index contributed by atoms with van der Waals surface area (Å²) in [5.41, 5.74) is 1.13. The number of rotatable bonds is 13. The lowest BCUT2D eigenvalue weighted by Gasteiger charge is -2.43. The van der Waals surface area contributed by atoms with Crippen LogP contribution in [0, 0.1) is 0 Å². The van der Waals surface area contributed by atoms with Gasteiger partial charge in [-0.3, -0.25) is 0 Å². The monoisotopic (exact) mass is 488 g/mol. The van der Waals surface area contributed by atoms with Crippen LogP contribution in [0.5, 0.6) is 5.75 Å². The fourth-order valence-electron chi connectivity index (χ4n) is 4.63. The van der Waals surface area contributed by atoms with E-state index in [-0.39, 0.29) is 11.1 Å². The number of ether oxygens (including phenoxy) is 2. The highest BCUT2D eigenvalue weighted by atomic mass is 28.4. The average molecular weight is 489 g/mol. The first-order valence-corrected chi connectivity index (χ1v) is 14.4. The Hall–Kier alpha value is -2.66. The van der Waals surface area contributed by atoms with Crippen molar-refractivity contribution in [3.63, 3.8) is 0 Å². The summed E-state index contributed by atoms with van der Waals surface area (Å²) in [4.78, 5) is 0. The molecule has 0 aromatic heterocycles. The van der Waals surface area contributed by atoms with E-state index in [2.05, 4.69) is 88.0 Å². The molecule has 3 aromatic carbocycles. The number of hydrogen-bond donors (Lipinski definition) is 0. The number of unbranched alkanes of at least 4 members (excludes halogenated alkanes) is 1. The van der Waals surface area contributed by atoms with Gasteiger partial charge < -0.3 is 13.9 Å². The molecule has 0 bridgehead atoms. The Morgan fingerprint density at radius 3 is 1.89 bits per heavy atom. The minimum absolute atomic E-state index is 0.000828. The third-order valence-corrected chi connectivity index (χ3v) is 11.5. The van der Waals surface area contributed by atoms with Gasteiger partial charge >= 0.3 is 0 Å². The summed E-state index contributed by atoms with van der Waals surface area (Å²) in [7, 11) is -0.786. The van der Waals surface area contributed by atoms with E-state index in [9.17, 15) is 0 Å². The Morgan fingerprint density at radius 1 is 0.829 bits per heavy atom. The molecule has 3 nitrogen and oxygen atoms in total. The molecule has 186 valence electrons. The number of hydrogen-bond acceptors (Lipinski definition) is 3. The summed E-state index contributed by atoms with van der Waals surface area (Å²) in [6, 6.07) is 29.6. The fourth-order valence-corrected chi connectivity index (χ4v) is 9.23. The van der Waals surface area contributed by atoms with Crippen LogP contribution in [-0.4, -0.2) is 28.1 Å². The van der Waals surface area contributed by atoms with Crippen molar-refractivity contribution in [3.05, 3.63) is 103 Å². The van der Waals surface area contributed by atoms with Crippen LogP contribution in [-0.2, 0) is 15.8 Å².